The summed E-state index contributed by atoms with van der Waals surface area (Å²) in [4.78, 5) is 18.6. The highest BCUT2D eigenvalue weighted by Crippen LogP contribution is 2.19. The smallest absolute Gasteiger partial charge is 0.264 e. The third-order valence-corrected chi connectivity index (χ3v) is 5.42. The first-order chi connectivity index (χ1) is 12.6. The molecule has 134 valence electrons. The number of carbonyl (C=O) groups excluding carboxylic acids is 1. The van der Waals surface area contributed by atoms with Crippen molar-refractivity contribution in [3.8, 4) is 5.82 Å². The van der Waals surface area contributed by atoms with E-state index in [4.69, 9.17) is 0 Å². The summed E-state index contributed by atoms with van der Waals surface area (Å²) < 4.78 is 1.71. The summed E-state index contributed by atoms with van der Waals surface area (Å²) >= 11 is 1.55. The first kappa shape index (κ1) is 16.7. The topological polar surface area (TPSA) is 67.2 Å². The predicted molar refractivity (Wildman–Crippen MR) is 101 cm³/mol. The minimum absolute atomic E-state index is 0.123. The van der Waals surface area contributed by atoms with E-state index >= 15 is 0 Å². The molecule has 4 rings (SSSR count). The van der Waals surface area contributed by atoms with Crippen LogP contribution in [0.1, 0.15) is 20.2 Å². The van der Waals surface area contributed by atoms with Crippen LogP contribution in [0.3, 0.4) is 0 Å². The minimum atomic E-state index is 0.123. The van der Waals surface area contributed by atoms with Crippen LogP contribution in [0.15, 0.2) is 36.5 Å². The molecule has 0 saturated carbocycles. The molecule has 1 aliphatic rings. The van der Waals surface area contributed by atoms with Gasteiger partial charge in [0, 0.05) is 37.3 Å². The lowest BCUT2D eigenvalue weighted by Gasteiger charge is -2.35. The van der Waals surface area contributed by atoms with Crippen LogP contribution in [-0.2, 0) is 0 Å². The van der Waals surface area contributed by atoms with Crippen LogP contribution in [0, 0.1) is 13.8 Å². The van der Waals surface area contributed by atoms with E-state index in [-0.39, 0.29) is 5.91 Å². The zero-order valence-electron chi connectivity index (χ0n) is 14.8. The van der Waals surface area contributed by atoms with Crippen LogP contribution in [-0.4, -0.2) is 57.0 Å². The maximum atomic E-state index is 12.5. The molecule has 1 fully saturated rings. The van der Waals surface area contributed by atoms with Gasteiger partial charge in [-0.3, -0.25) is 4.79 Å². The van der Waals surface area contributed by atoms with Gasteiger partial charge in [0.25, 0.3) is 5.91 Å². The Morgan fingerprint density at radius 2 is 1.69 bits per heavy atom. The Labute approximate surface area is 155 Å². The van der Waals surface area contributed by atoms with Crippen LogP contribution in [0.2, 0.25) is 0 Å². The highest BCUT2D eigenvalue weighted by atomic mass is 32.1. The number of hydrogen-bond donors (Lipinski definition) is 0. The molecule has 0 aromatic carbocycles. The van der Waals surface area contributed by atoms with Crippen molar-refractivity contribution >= 4 is 23.1 Å². The van der Waals surface area contributed by atoms with E-state index in [1.54, 1.807) is 16.0 Å². The van der Waals surface area contributed by atoms with Gasteiger partial charge in [-0.25, -0.2) is 4.68 Å². The van der Waals surface area contributed by atoms with Crippen LogP contribution in [0.5, 0.6) is 0 Å². The van der Waals surface area contributed by atoms with Gasteiger partial charge in [-0.1, -0.05) is 0 Å². The first-order valence-corrected chi connectivity index (χ1v) is 9.39. The molecule has 0 N–H and O–H groups in total. The predicted octanol–water partition coefficient (Wildman–Crippen LogP) is 2.30. The number of carbonyl (C=O) groups is 1. The summed E-state index contributed by atoms with van der Waals surface area (Å²) in [7, 11) is 0. The van der Waals surface area contributed by atoms with E-state index in [0.29, 0.717) is 18.9 Å². The molecule has 1 saturated heterocycles. The second-order valence-electron chi connectivity index (χ2n) is 6.34. The van der Waals surface area contributed by atoms with Gasteiger partial charge in [-0.2, -0.15) is 5.10 Å². The lowest BCUT2D eigenvalue weighted by atomic mass is 10.3. The second kappa shape index (κ2) is 6.87. The van der Waals surface area contributed by atoms with Crippen LogP contribution >= 0.6 is 11.3 Å². The Hall–Kier alpha value is -2.74. The number of anilines is 1. The molecule has 3 aromatic heterocycles. The standard InChI is InChI=1S/C18H20N6OS/c1-13-7-8-24(21-13)17-6-5-16(19-20-17)22-9-11-23(12-10-22)18(25)15-4-3-14(2)26-15/h3-8H,9-12H2,1-2H3. The molecular formula is C18H20N6OS. The number of rotatable bonds is 3. The third-order valence-electron chi connectivity index (χ3n) is 4.44. The molecule has 0 spiro atoms. The van der Waals surface area contributed by atoms with Crippen molar-refractivity contribution in [3.05, 3.63) is 52.0 Å². The summed E-state index contributed by atoms with van der Waals surface area (Å²) in [6, 6.07) is 9.71. The molecule has 26 heavy (non-hydrogen) atoms. The number of nitrogens with zero attached hydrogens (tertiary/aromatic N) is 6. The molecule has 1 aliphatic heterocycles. The quantitative estimate of drug-likeness (QED) is 0.710. The lowest BCUT2D eigenvalue weighted by molar-refractivity contribution is 0.0751. The second-order valence-corrected chi connectivity index (χ2v) is 7.63. The number of aromatic nitrogens is 4. The van der Waals surface area contributed by atoms with Gasteiger partial charge in [0.15, 0.2) is 11.6 Å². The number of piperazine rings is 1. The number of hydrogen-bond acceptors (Lipinski definition) is 6. The summed E-state index contributed by atoms with van der Waals surface area (Å²) in [6.07, 6.45) is 1.87. The first-order valence-electron chi connectivity index (χ1n) is 8.57. The monoisotopic (exact) mass is 368 g/mol. The molecule has 4 heterocycles. The van der Waals surface area contributed by atoms with Gasteiger partial charge in [0.1, 0.15) is 0 Å². The highest BCUT2D eigenvalue weighted by Gasteiger charge is 2.23. The molecule has 0 aliphatic carbocycles. The fourth-order valence-corrected chi connectivity index (χ4v) is 3.83. The summed E-state index contributed by atoms with van der Waals surface area (Å²) in [5, 5.41) is 12.9. The van der Waals surface area contributed by atoms with Gasteiger partial charge in [0.2, 0.25) is 0 Å². The van der Waals surface area contributed by atoms with Crippen LogP contribution < -0.4 is 4.90 Å². The average molecular weight is 368 g/mol. The molecule has 1 amide bonds. The van der Waals surface area contributed by atoms with E-state index in [1.807, 2.05) is 55.3 Å². The van der Waals surface area contributed by atoms with E-state index in [1.165, 1.54) is 0 Å². The maximum Gasteiger partial charge on any atom is 0.264 e. The van der Waals surface area contributed by atoms with Crippen molar-refractivity contribution in [2.45, 2.75) is 13.8 Å². The summed E-state index contributed by atoms with van der Waals surface area (Å²) in [5.74, 6) is 1.65. The van der Waals surface area contributed by atoms with Crippen LogP contribution in [0.25, 0.3) is 5.82 Å². The molecule has 8 heteroatoms. The Kier molecular flexibility index (Phi) is 4.42. The Morgan fingerprint density at radius 3 is 2.27 bits per heavy atom. The van der Waals surface area contributed by atoms with E-state index in [2.05, 4.69) is 20.2 Å². The SMILES string of the molecule is Cc1ccn(-c2ccc(N3CCN(C(=O)c4ccc(C)s4)CC3)nn2)n1. The van der Waals surface area contributed by atoms with Crippen molar-refractivity contribution in [1.82, 2.24) is 24.9 Å². The van der Waals surface area contributed by atoms with Gasteiger partial charge in [-0.15, -0.1) is 21.5 Å². The number of aryl methyl sites for hydroxylation is 2. The van der Waals surface area contributed by atoms with Crippen molar-refractivity contribution in [1.29, 1.82) is 0 Å². The minimum Gasteiger partial charge on any atom is -0.352 e. The number of thiophene rings is 1. The molecule has 0 bridgehead atoms. The molecule has 3 aromatic rings. The molecular weight excluding hydrogens is 348 g/mol. The normalized spacial score (nSPS) is 14.7. The number of amides is 1. The summed E-state index contributed by atoms with van der Waals surface area (Å²) in [5.41, 5.74) is 0.942. The van der Waals surface area contributed by atoms with Crippen LogP contribution in [0.4, 0.5) is 5.82 Å². The van der Waals surface area contributed by atoms with Crippen molar-refractivity contribution in [2.75, 3.05) is 31.1 Å². The van der Waals surface area contributed by atoms with Crippen molar-refractivity contribution < 1.29 is 4.79 Å². The van der Waals surface area contributed by atoms with Gasteiger partial charge >= 0.3 is 0 Å². The highest BCUT2D eigenvalue weighted by molar-refractivity contribution is 7.13. The zero-order chi connectivity index (χ0) is 18.1. The summed E-state index contributed by atoms with van der Waals surface area (Å²) in [6.45, 7) is 6.86. The molecule has 0 radical (unpaired) electrons. The molecule has 0 atom stereocenters. The van der Waals surface area contributed by atoms with E-state index in [9.17, 15) is 4.79 Å². The Morgan fingerprint density at radius 1 is 0.962 bits per heavy atom. The van der Waals surface area contributed by atoms with Gasteiger partial charge < -0.3 is 9.80 Å². The third kappa shape index (κ3) is 3.32. The molecule has 0 unspecified atom stereocenters. The maximum absolute atomic E-state index is 12.5. The Bertz CT molecular complexity index is 908. The Balaban J connectivity index is 1.39. The van der Waals surface area contributed by atoms with E-state index < -0.39 is 0 Å². The largest absolute Gasteiger partial charge is 0.352 e. The molecule has 7 nitrogen and oxygen atoms in total. The van der Waals surface area contributed by atoms with Gasteiger partial charge in [-0.05, 0) is 44.2 Å². The lowest BCUT2D eigenvalue weighted by Crippen LogP contribution is -2.49. The van der Waals surface area contributed by atoms with Crippen molar-refractivity contribution in [3.63, 3.8) is 0 Å². The fraction of sp³-hybridized carbons (Fsp3) is 0.333. The fourth-order valence-electron chi connectivity index (χ4n) is 3.00. The average Bonchev–Trinajstić information content (AvgIpc) is 3.30. The van der Waals surface area contributed by atoms with Crippen molar-refractivity contribution in [2.24, 2.45) is 0 Å². The van der Waals surface area contributed by atoms with E-state index in [0.717, 1.165) is 34.4 Å². The zero-order valence-corrected chi connectivity index (χ0v) is 15.6. The van der Waals surface area contributed by atoms with Gasteiger partial charge in [0.05, 0.1) is 10.6 Å².